The van der Waals surface area contributed by atoms with E-state index in [1.54, 1.807) is 0 Å². The number of ether oxygens (including phenoxy) is 2. The van der Waals surface area contributed by atoms with Crippen LogP contribution in [-0.2, 0) is 9.47 Å². The first kappa shape index (κ1) is 25.7. The van der Waals surface area contributed by atoms with Crippen molar-refractivity contribution in [3.05, 3.63) is 0 Å². The van der Waals surface area contributed by atoms with Gasteiger partial charge in [-0.15, -0.1) is 24.0 Å². The van der Waals surface area contributed by atoms with E-state index in [4.69, 9.17) is 9.47 Å². The molecule has 2 fully saturated rings. The highest BCUT2D eigenvalue weighted by atomic mass is 127. The van der Waals surface area contributed by atoms with E-state index in [0.717, 1.165) is 57.9 Å². The molecule has 2 aliphatic heterocycles. The van der Waals surface area contributed by atoms with Crippen LogP contribution in [0.1, 0.15) is 32.6 Å². The van der Waals surface area contributed by atoms with Crippen LogP contribution in [0.5, 0.6) is 0 Å². The molecule has 0 spiro atoms. The van der Waals surface area contributed by atoms with Crippen molar-refractivity contribution in [3.8, 4) is 0 Å². The summed E-state index contributed by atoms with van der Waals surface area (Å²) in [6.45, 7) is 5.60. The molecule has 1 N–H and O–H groups in total. The van der Waals surface area contributed by atoms with Crippen molar-refractivity contribution in [2.24, 2.45) is 4.99 Å². The fraction of sp³-hybridized carbons (Fsp3) is 0.944. The van der Waals surface area contributed by atoms with Crippen LogP contribution in [0.25, 0.3) is 0 Å². The number of hydrogen-bond donors (Lipinski definition) is 1. The Morgan fingerprint density at radius 1 is 1.29 bits per heavy atom. The molecule has 0 radical (unpaired) electrons. The normalized spacial score (nSPS) is 21.9. The van der Waals surface area contributed by atoms with Gasteiger partial charge in [-0.25, -0.2) is 0 Å². The van der Waals surface area contributed by atoms with Crippen molar-refractivity contribution in [1.29, 1.82) is 0 Å². The fourth-order valence-electron chi connectivity index (χ4n) is 3.39. The zero-order chi connectivity index (χ0) is 19.7. The first-order valence-electron chi connectivity index (χ1n) is 9.89. The topological polar surface area (TPSA) is 49.3 Å². The maximum atomic E-state index is 12.4. The molecule has 0 aliphatic carbocycles. The molecule has 2 heterocycles. The number of rotatable bonds is 8. The van der Waals surface area contributed by atoms with Crippen molar-refractivity contribution in [2.45, 2.75) is 51.0 Å². The predicted octanol–water partition coefficient (Wildman–Crippen LogP) is 2.72. The lowest BCUT2D eigenvalue weighted by molar-refractivity contribution is -0.142. The Kier molecular flexibility index (Phi) is 12.0. The Labute approximate surface area is 183 Å². The van der Waals surface area contributed by atoms with Crippen molar-refractivity contribution < 1.29 is 22.6 Å². The van der Waals surface area contributed by atoms with Crippen LogP contribution in [0.2, 0.25) is 0 Å². The van der Waals surface area contributed by atoms with Crippen molar-refractivity contribution in [3.63, 3.8) is 0 Å². The molecule has 28 heavy (non-hydrogen) atoms. The SMILES string of the molecule is CCNC(=NCCN(C)CC(F)(F)F)N1CCC(OCC2CCCO2)CC1.I. The van der Waals surface area contributed by atoms with Crippen LogP contribution in [0, 0.1) is 0 Å². The maximum Gasteiger partial charge on any atom is 0.401 e. The number of hydrogen-bond acceptors (Lipinski definition) is 4. The Bertz CT molecular complexity index is 455. The molecular formula is C18H34F3IN4O2. The zero-order valence-electron chi connectivity index (χ0n) is 16.8. The maximum absolute atomic E-state index is 12.4. The van der Waals surface area contributed by atoms with E-state index in [0.29, 0.717) is 13.2 Å². The highest BCUT2D eigenvalue weighted by Gasteiger charge is 2.29. The van der Waals surface area contributed by atoms with Crippen LogP contribution in [0.15, 0.2) is 4.99 Å². The van der Waals surface area contributed by atoms with Gasteiger partial charge < -0.3 is 19.7 Å². The van der Waals surface area contributed by atoms with E-state index in [1.807, 2.05) is 6.92 Å². The van der Waals surface area contributed by atoms with Crippen molar-refractivity contribution in [2.75, 3.05) is 59.5 Å². The number of likely N-dealkylation sites (N-methyl/N-ethyl adjacent to an activating group) is 1. The van der Waals surface area contributed by atoms with Gasteiger partial charge in [0.15, 0.2) is 5.96 Å². The minimum absolute atomic E-state index is 0. The largest absolute Gasteiger partial charge is 0.401 e. The van der Waals surface area contributed by atoms with E-state index < -0.39 is 12.7 Å². The van der Waals surface area contributed by atoms with Crippen molar-refractivity contribution in [1.82, 2.24) is 15.1 Å². The summed E-state index contributed by atoms with van der Waals surface area (Å²) in [6.07, 6.45) is 0.359. The van der Waals surface area contributed by atoms with Gasteiger partial charge in [-0.3, -0.25) is 9.89 Å². The molecule has 0 aromatic rings. The minimum atomic E-state index is -4.17. The fourth-order valence-corrected chi connectivity index (χ4v) is 3.39. The summed E-state index contributed by atoms with van der Waals surface area (Å²) in [7, 11) is 1.47. The molecule has 1 atom stereocenters. The van der Waals surface area contributed by atoms with Gasteiger partial charge in [-0.05, 0) is 39.7 Å². The number of guanidine groups is 1. The third-order valence-corrected chi connectivity index (χ3v) is 4.81. The summed E-state index contributed by atoms with van der Waals surface area (Å²) in [5.41, 5.74) is 0. The molecule has 0 bridgehead atoms. The van der Waals surface area contributed by atoms with E-state index in [-0.39, 0.29) is 42.7 Å². The standard InChI is InChI=1S/C18H33F3N4O2.HI/c1-3-22-17(23-8-11-24(2)14-18(19,20)21)25-9-6-15(7-10-25)27-13-16-5-4-12-26-16;/h15-16H,3-14H2,1-2H3,(H,22,23);1H. The Morgan fingerprint density at radius 3 is 2.57 bits per heavy atom. The summed E-state index contributed by atoms with van der Waals surface area (Å²) in [6, 6.07) is 0. The Balaban J connectivity index is 0.00000392. The average molecular weight is 522 g/mol. The second kappa shape index (κ2) is 13.1. The summed E-state index contributed by atoms with van der Waals surface area (Å²) < 4.78 is 48.7. The lowest BCUT2D eigenvalue weighted by Crippen LogP contribution is -2.47. The van der Waals surface area contributed by atoms with Gasteiger partial charge >= 0.3 is 6.18 Å². The third kappa shape index (κ3) is 9.93. The molecule has 0 aromatic carbocycles. The van der Waals surface area contributed by atoms with Crippen LogP contribution in [-0.4, -0.2) is 93.7 Å². The highest BCUT2D eigenvalue weighted by Crippen LogP contribution is 2.18. The third-order valence-electron chi connectivity index (χ3n) is 4.81. The molecular weight excluding hydrogens is 488 g/mol. The molecule has 10 heteroatoms. The molecule has 1 unspecified atom stereocenters. The highest BCUT2D eigenvalue weighted by molar-refractivity contribution is 14.0. The van der Waals surface area contributed by atoms with Crippen LogP contribution in [0.3, 0.4) is 0 Å². The monoisotopic (exact) mass is 522 g/mol. The van der Waals surface area contributed by atoms with Gasteiger partial charge in [0.2, 0.25) is 0 Å². The lowest BCUT2D eigenvalue weighted by atomic mass is 10.1. The van der Waals surface area contributed by atoms with Gasteiger partial charge in [0.25, 0.3) is 0 Å². The molecule has 0 aromatic heterocycles. The second-order valence-corrected chi connectivity index (χ2v) is 7.24. The molecule has 0 saturated carbocycles. The van der Waals surface area contributed by atoms with Crippen molar-refractivity contribution >= 4 is 29.9 Å². The van der Waals surface area contributed by atoms with Gasteiger partial charge in [0.1, 0.15) is 0 Å². The van der Waals surface area contributed by atoms with E-state index in [9.17, 15) is 13.2 Å². The molecule has 2 rings (SSSR count). The number of halogens is 4. The zero-order valence-corrected chi connectivity index (χ0v) is 19.2. The summed E-state index contributed by atoms with van der Waals surface area (Å²) in [5, 5.41) is 3.24. The molecule has 2 aliphatic rings. The molecule has 6 nitrogen and oxygen atoms in total. The first-order valence-corrected chi connectivity index (χ1v) is 9.89. The summed E-state index contributed by atoms with van der Waals surface area (Å²) in [5.74, 6) is 0.774. The van der Waals surface area contributed by atoms with E-state index in [2.05, 4.69) is 15.2 Å². The number of nitrogens with zero attached hydrogens (tertiary/aromatic N) is 3. The van der Waals surface area contributed by atoms with E-state index >= 15 is 0 Å². The number of piperidine rings is 1. The lowest BCUT2D eigenvalue weighted by Gasteiger charge is -2.34. The molecule has 2 saturated heterocycles. The van der Waals surface area contributed by atoms with Crippen LogP contribution >= 0.6 is 24.0 Å². The van der Waals surface area contributed by atoms with Crippen LogP contribution in [0.4, 0.5) is 13.2 Å². The smallest absolute Gasteiger partial charge is 0.376 e. The molecule has 0 amide bonds. The number of alkyl halides is 3. The predicted molar refractivity (Wildman–Crippen MR) is 114 cm³/mol. The minimum Gasteiger partial charge on any atom is -0.376 e. The number of likely N-dealkylation sites (tertiary alicyclic amines) is 1. The summed E-state index contributed by atoms with van der Waals surface area (Å²) in [4.78, 5) is 7.92. The van der Waals surface area contributed by atoms with E-state index in [1.165, 1.54) is 11.9 Å². The first-order chi connectivity index (χ1) is 12.9. The van der Waals surface area contributed by atoms with Gasteiger partial charge in [-0.1, -0.05) is 0 Å². The Hall–Kier alpha value is -0.330. The number of nitrogens with one attached hydrogen (secondary N) is 1. The Morgan fingerprint density at radius 2 is 2.00 bits per heavy atom. The van der Waals surface area contributed by atoms with Gasteiger partial charge in [0.05, 0.1) is 31.9 Å². The second-order valence-electron chi connectivity index (χ2n) is 7.24. The summed E-state index contributed by atoms with van der Waals surface area (Å²) >= 11 is 0. The van der Waals surface area contributed by atoms with Gasteiger partial charge in [-0.2, -0.15) is 13.2 Å². The quantitative estimate of drug-likeness (QED) is 0.302. The number of aliphatic imine (C=N–C) groups is 1. The van der Waals surface area contributed by atoms with Crippen LogP contribution < -0.4 is 5.32 Å². The molecule has 166 valence electrons. The van der Waals surface area contributed by atoms with Gasteiger partial charge in [0, 0.05) is 32.8 Å². The average Bonchev–Trinajstić information content (AvgIpc) is 3.12.